The van der Waals surface area contributed by atoms with E-state index in [4.69, 9.17) is 0 Å². The van der Waals surface area contributed by atoms with Crippen molar-refractivity contribution >= 4 is 33.3 Å². The Morgan fingerprint density at radius 1 is 1.12 bits per heavy atom. The molecule has 0 atom stereocenters. The topological polar surface area (TPSA) is 48.5 Å². The molecule has 3 rings (SSSR count). The Morgan fingerprint density at radius 3 is 2.46 bits per heavy atom. The molecule has 24 heavy (non-hydrogen) atoms. The molecular weight excluding hydrogens is 375 g/mol. The van der Waals surface area contributed by atoms with Gasteiger partial charge in [0, 0.05) is 42.5 Å². The molecule has 1 N–H and O–H groups in total. The van der Waals surface area contributed by atoms with Crippen molar-refractivity contribution in [1.29, 1.82) is 0 Å². The van der Waals surface area contributed by atoms with Crippen LogP contribution in [0.15, 0.2) is 47.1 Å². The molecular formula is C17H18BrFN4O. The number of pyridine rings is 1. The molecule has 7 heteroatoms. The van der Waals surface area contributed by atoms with Crippen molar-refractivity contribution in [2.75, 3.05) is 42.9 Å². The van der Waals surface area contributed by atoms with Crippen LogP contribution in [0.4, 0.5) is 15.9 Å². The number of rotatable bonds is 4. The Morgan fingerprint density at radius 2 is 1.83 bits per heavy atom. The summed E-state index contributed by atoms with van der Waals surface area (Å²) in [6.45, 7) is 3.60. The van der Waals surface area contributed by atoms with E-state index in [9.17, 15) is 9.18 Å². The van der Waals surface area contributed by atoms with Gasteiger partial charge in [0.2, 0.25) is 5.91 Å². The molecule has 2 aromatic rings. The lowest BCUT2D eigenvalue weighted by Crippen LogP contribution is -2.48. The van der Waals surface area contributed by atoms with Gasteiger partial charge in [0.1, 0.15) is 11.6 Å². The minimum atomic E-state index is -0.314. The van der Waals surface area contributed by atoms with E-state index in [1.54, 1.807) is 18.3 Å². The predicted molar refractivity (Wildman–Crippen MR) is 95.6 cm³/mol. The molecule has 1 aliphatic heterocycles. The molecule has 1 aromatic carbocycles. The number of piperazine rings is 1. The lowest BCUT2D eigenvalue weighted by atomic mass is 10.3. The zero-order chi connectivity index (χ0) is 16.9. The van der Waals surface area contributed by atoms with Gasteiger partial charge in [-0.25, -0.2) is 9.37 Å². The second-order valence-corrected chi connectivity index (χ2v) is 6.57. The fourth-order valence-corrected chi connectivity index (χ4v) is 2.86. The highest BCUT2D eigenvalue weighted by Crippen LogP contribution is 2.16. The maximum absolute atomic E-state index is 12.9. The van der Waals surface area contributed by atoms with Gasteiger partial charge < -0.3 is 10.2 Å². The number of anilines is 2. The molecule has 1 aromatic heterocycles. The highest BCUT2D eigenvalue weighted by atomic mass is 79.9. The van der Waals surface area contributed by atoms with Crippen LogP contribution < -0.4 is 10.2 Å². The Hall–Kier alpha value is -1.99. The highest BCUT2D eigenvalue weighted by Gasteiger charge is 2.19. The molecule has 1 saturated heterocycles. The quantitative estimate of drug-likeness (QED) is 0.868. The summed E-state index contributed by atoms with van der Waals surface area (Å²) in [7, 11) is 0. The van der Waals surface area contributed by atoms with Crippen LogP contribution in [0.2, 0.25) is 0 Å². The standard InChI is InChI=1S/C17H18BrFN4O/c18-13-1-6-16(20-11-13)23-9-7-22(8-10-23)12-17(24)21-15-4-2-14(19)3-5-15/h1-6,11H,7-10,12H2,(H,21,24). The summed E-state index contributed by atoms with van der Waals surface area (Å²) in [6, 6.07) is 9.75. The first-order chi connectivity index (χ1) is 11.6. The average Bonchev–Trinajstić information content (AvgIpc) is 2.58. The highest BCUT2D eigenvalue weighted by molar-refractivity contribution is 9.10. The Balaban J connectivity index is 1.47. The number of aromatic nitrogens is 1. The van der Waals surface area contributed by atoms with Crippen LogP contribution in [0.5, 0.6) is 0 Å². The van der Waals surface area contributed by atoms with Crippen LogP contribution in [0, 0.1) is 5.82 Å². The summed E-state index contributed by atoms with van der Waals surface area (Å²) in [5.74, 6) is 0.552. The second kappa shape index (κ2) is 7.72. The van der Waals surface area contributed by atoms with Gasteiger partial charge in [0.15, 0.2) is 0 Å². The summed E-state index contributed by atoms with van der Waals surface area (Å²) in [6.07, 6.45) is 1.79. The van der Waals surface area contributed by atoms with E-state index in [0.717, 1.165) is 36.5 Å². The maximum Gasteiger partial charge on any atom is 0.238 e. The van der Waals surface area contributed by atoms with Gasteiger partial charge in [-0.3, -0.25) is 9.69 Å². The van der Waals surface area contributed by atoms with Gasteiger partial charge in [0.05, 0.1) is 6.54 Å². The minimum absolute atomic E-state index is 0.0863. The van der Waals surface area contributed by atoms with Crippen molar-refractivity contribution in [3.63, 3.8) is 0 Å². The molecule has 0 spiro atoms. The van der Waals surface area contributed by atoms with Crippen LogP contribution in [-0.2, 0) is 4.79 Å². The number of carbonyl (C=O) groups excluding carboxylic acids is 1. The number of nitrogens with zero attached hydrogens (tertiary/aromatic N) is 3. The third kappa shape index (κ3) is 4.52. The zero-order valence-corrected chi connectivity index (χ0v) is 14.7. The molecule has 0 unspecified atom stereocenters. The van der Waals surface area contributed by atoms with Crippen LogP contribution in [0.25, 0.3) is 0 Å². The number of carbonyl (C=O) groups is 1. The van der Waals surface area contributed by atoms with Gasteiger partial charge >= 0.3 is 0 Å². The normalized spacial score (nSPS) is 15.3. The molecule has 1 amide bonds. The van der Waals surface area contributed by atoms with Gasteiger partial charge in [-0.1, -0.05) is 0 Å². The summed E-state index contributed by atoms with van der Waals surface area (Å²) < 4.78 is 13.8. The number of nitrogens with one attached hydrogen (secondary N) is 1. The van der Waals surface area contributed by atoms with Gasteiger partial charge in [0.25, 0.3) is 0 Å². The van der Waals surface area contributed by atoms with Crippen molar-refractivity contribution in [2.45, 2.75) is 0 Å². The lowest BCUT2D eigenvalue weighted by Gasteiger charge is -2.35. The first-order valence-corrected chi connectivity index (χ1v) is 8.54. The monoisotopic (exact) mass is 392 g/mol. The van der Waals surface area contributed by atoms with Crippen LogP contribution >= 0.6 is 15.9 Å². The van der Waals surface area contributed by atoms with Crippen molar-refractivity contribution < 1.29 is 9.18 Å². The molecule has 1 aliphatic rings. The van der Waals surface area contributed by atoms with Crippen molar-refractivity contribution in [3.05, 3.63) is 52.9 Å². The molecule has 0 aliphatic carbocycles. The summed E-state index contributed by atoms with van der Waals surface area (Å²) >= 11 is 3.38. The molecule has 126 valence electrons. The van der Waals surface area contributed by atoms with Crippen LogP contribution in [0.3, 0.4) is 0 Å². The van der Waals surface area contributed by atoms with E-state index in [0.29, 0.717) is 12.2 Å². The number of halogens is 2. The fourth-order valence-electron chi connectivity index (χ4n) is 2.63. The molecule has 1 fully saturated rings. The van der Waals surface area contributed by atoms with E-state index in [1.807, 2.05) is 12.1 Å². The van der Waals surface area contributed by atoms with Gasteiger partial charge in [-0.05, 0) is 52.3 Å². The molecule has 0 saturated carbocycles. The molecule has 2 heterocycles. The van der Waals surface area contributed by atoms with Crippen molar-refractivity contribution in [2.24, 2.45) is 0 Å². The van der Waals surface area contributed by atoms with E-state index in [-0.39, 0.29) is 11.7 Å². The Kier molecular flexibility index (Phi) is 5.42. The van der Waals surface area contributed by atoms with Crippen LogP contribution in [-0.4, -0.2) is 48.5 Å². The number of hydrogen-bond acceptors (Lipinski definition) is 4. The molecule has 5 nitrogen and oxygen atoms in total. The number of hydrogen-bond donors (Lipinski definition) is 1. The van der Waals surface area contributed by atoms with E-state index >= 15 is 0 Å². The van der Waals surface area contributed by atoms with Gasteiger partial charge in [-0.2, -0.15) is 0 Å². The maximum atomic E-state index is 12.9. The van der Waals surface area contributed by atoms with Crippen molar-refractivity contribution in [1.82, 2.24) is 9.88 Å². The van der Waals surface area contributed by atoms with Crippen LogP contribution in [0.1, 0.15) is 0 Å². The lowest BCUT2D eigenvalue weighted by molar-refractivity contribution is -0.117. The zero-order valence-electron chi connectivity index (χ0n) is 13.1. The third-order valence-electron chi connectivity index (χ3n) is 3.90. The van der Waals surface area contributed by atoms with E-state index in [1.165, 1.54) is 12.1 Å². The largest absolute Gasteiger partial charge is 0.354 e. The first-order valence-electron chi connectivity index (χ1n) is 7.74. The van der Waals surface area contributed by atoms with Crippen molar-refractivity contribution in [3.8, 4) is 0 Å². The molecule has 0 bridgehead atoms. The number of amides is 1. The smallest absolute Gasteiger partial charge is 0.238 e. The van der Waals surface area contributed by atoms with E-state index < -0.39 is 0 Å². The first kappa shape index (κ1) is 16.9. The van der Waals surface area contributed by atoms with Gasteiger partial charge in [-0.15, -0.1) is 0 Å². The summed E-state index contributed by atoms with van der Waals surface area (Å²) in [5, 5.41) is 2.79. The fraction of sp³-hybridized carbons (Fsp3) is 0.294. The SMILES string of the molecule is O=C(CN1CCN(c2ccc(Br)cn2)CC1)Nc1ccc(F)cc1. The minimum Gasteiger partial charge on any atom is -0.354 e. The number of benzene rings is 1. The second-order valence-electron chi connectivity index (χ2n) is 5.65. The Bertz CT molecular complexity index is 685. The average molecular weight is 393 g/mol. The van der Waals surface area contributed by atoms with E-state index in [2.05, 4.69) is 36.0 Å². The predicted octanol–water partition coefficient (Wildman–Crippen LogP) is 2.74. The summed E-state index contributed by atoms with van der Waals surface area (Å²) in [5.41, 5.74) is 0.610. The summed E-state index contributed by atoms with van der Waals surface area (Å²) in [4.78, 5) is 20.8. The Labute approximate surface area is 148 Å². The third-order valence-corrected chi connectivity index (χ3v) is 4.37. The molecule has 0 radical (unpaired) electrons.